The minimum atomic E-state index is -0.686. The maximum Gasteiger partial charge on any atom is 0.374 e. The fraction of sp³-hybridized carbons (Fsp3) is 0.316. The van der Waals surface area contributed by atoms with Crippen LogP contribution in [0.25, 0.3) is 0 Å². The third kappa shape index (κ3) is 5.91. The molecule has 0 radical (unpaired) electrons. The van der Waals surface area contributed by atoms with Gasteiger partial charge in [-0.25, -0.2) is 4.79 Å². The van der Waals surface area contributed by atoms with Gasteiger partial charge in [-0.3, -0.25) is 9.59 Å². The molecule has 2 rings (SSSR count). The van der Waals surface area contributed by atoms with E-state index in [-0.39, 0.29) is 24.1 Å². The van der Waals surface area contributed by atoms with Crippen LogP contribution in [0.1, 0.15) is 53.5 Å². The highest BCUT2D eigenvalue weighted by Gasteiger charge is 2.14. The first-order valence-electron chi connectivity index (χ1n) is 8.24. The lowest BCUT2D eigenvalue weighted by Crippen LogP contribution is -2.14. The SMILES string of the molecule is CCCCCC(=O)Nc1ccc(C(=O)COC(=O)c2ccco2)cc1. The zero-order valence-corrected chi connectivity index (χ0v) is 14.1. The van der Waals surface area contributed by atoms with Crippen LogP contribution in [0.4, 0.5) is 5.69 Å². The summed E-state index contributed by atoms with van der Waals surface area (Å²) >= 11 is 0. The molecule has 25 heavy (non-hydrogen) atoms. The molecule has 6 heteroatoms. The molecule has 1 aromatic carbocycles. The minimum absolute atomic E-state index is 0.0418. The number of ether oxygens (including phenoxy) is 1. The van der Waals surface area contributed by atoms with E-state index in [0.717, 1.165) is 19.3 Å². The van der Waals surface area contributed by atoms with Gasteiger partial charge in [-0.1, -0.05) is 19.8 Å². The molecular weight excluding hydrogens is 322 g/mol. The van der Waals surface area contributed by atoms with Crippen molar-refractivity contribution in [2.45, 2.75) is 32.6 Å². The third-order valence-electron chi connectivity index (χ3n) is 3.55. The zero-order valence-electron chi connectivity index (χ0n) is 14.1. The maximum atomic E-state index is 12.0. The van der Waals surface area contributed by atoms with Crippen LogP contribution in [0.5, 0.6) is 0 Å². The summed E-state index contributed by atoms with van der Waals surface area (Å²) in [5.74, 6) is -1.01. The molecule has 0 aliphatic carbocycles. The largest absolute Gasteiger partial charge is 0.457 e. The number of amides is 1. The highest BCUT2D eigenvalue weighted by atomic mass is 16.5. The molecule has 0 fully saturated rings. The molecule has 132 valence electrons. The Labute approximate surface area is 146 Å². The van der Waals surface area contributed by atoms with Crippen LogP contribution >= 0.6 is 0 Å². The van der Waals surface area contributed by atoms with Crippen molar-refractivity contribution in [1.29, 1.82) is 0 Å². The number of rotatable bonds is 9. The molecule has 0 aliphatic rings. The number of ketones is 1. The van der Waals surface area contributed by atoms with Crippen molar-refractivity contribution in [2.75, 3.05) is 11.9 Å². The predicted molar refractivity (Wildman–Crippen MR) is 92.5 cm³/mol. The Morgan fingerprint density at radius 2 is 1.84 bits per heavy atom. The van der Waals surface area contributed by atoms with Gasteiger partial charge in [0.05, 0.1) is 6.26 Å². The number of esters is 1. The highest BCUT2D eigenvalue weighted by Crippen LogP contribution is 2.12. The molecule has 0 saturated carbocycles. The summed E-state index contributed by atoms with van der Waals surface area (Å²) in [5.41, 5.74) is 1.03. The Bertz CT molecular complexity index is 704. The van der Waals surface area contributed by atoms with Crippen LogP contribution in [0.3, 0.4) is 0 Å². The lowest BCUT2D eigenvalue weighted by Gasteiger charge is -2.06. The standard InChI is InChI=1S/C19H21NO5/c1-2-3-4-7-18(22)20-15-10-8-14(9-11-15)16(21)13-25-19(23)17-6-5-12-24-17/h5-6,8-12H,2-4,7,13H2,1H3,(H,20,22). The first-order valence-corrected chi connectivity index (χ1v) is 8.24. The van der Waals surface area contributed by atoms with Crippen molar-refractivity contribution in [3.05, 3.63) is 54.0 Å². The molecule has 1 heterocycles. The van der Waals surface area contributed by atoms with E-state index >= 15 is 0 Å². The highest BCUT2D eigenvalue weighted by molar-refractivity contribution is 5.99. The monoisotopic (exact) mass is 343 g/mol. The number of anilines is 1. The van der Waals surface area contributed by atoms with E-state index in [4.69, 9.17) is 9.15 Å². The Kier molecular flexibility index (Phi) is 6.95. The number of nitrogens with one attached hydrogen (secondary N) is 1. The zero-order chi connectivity index (χ0) is 18.1. The van der Waals surface area contributed by atoms with E-state index in [1.165, 1.54) is 12.3 Å². The summed E-state index contributed by atoms with van der Waals surface area (Å²) in [6, 6.07) is 9.51. The van der Waals surface area contributed by atoms with Crippen LogP contribution < -0.4 is 5.32 Å². The second-order valence-electron chi connectivity index (χ2n) is 5.56. The number of carbonyl (C=O) groups excluding carboxylic acids is 3. The Hall–Kier alpha value is -2.89. The molecule has 0 spiro atoms. The second-order valence-corrected chi connectivity index (χ2v) is 5.56. The number of hydrogen-bond donors (Lipinski definition) is 1. The number of benzene rings is 1. The number of hydrogen-bond acceptors (Lipinski definition) is 5. The molecule has 0 unspecified atom stereocenters. The molecule has 1 N–H and O–H groups in total. The third-order valence-corrected chi connectivity index (χ3v) is 3.55. The molecule has 0 atom stereocenters. The van der Waals surface area contributed by atoms with Gasteiger partial charge in [0.2, 0.25) is 11.7 Å². The van der Waals surface area contributed by atoms with Gasteiger partial charge in [-0.2, -0.15) is 0 Å². The molecule has 1 amide bonds. The van der Waals surface area contributed by atoms with Crippen molar-refractivity contribution < 1.29 is 23.5 Å². The van der Waals surface area contributed by atoms with Crippen LogP contribution in [-0.4, -0.2) is 24.3 Å². The van der Waals surface area contributed by atoms with Gasteiger partial charge in [-0.05, 0) is 42.8 Å². The molecule has 0 aliphatic heterocycles. The molecule has 0 bridgehead atoms. The summed E-state index contributed by atoms with van der Waals surface area (Å²) in [7, 11) is 0. The van der Waals surface area contributed by atoms with Gasteiger partial charge in [-0.15, -0.1) is 0 Å². The van der Waals surface area contributed by atoms with Crippen molar-refractivity contribution >= 4 is 23.3 Å². The van der Waals surface area contributed by atoms with Crippen molar-refractivity contribution in [2.24, 2.45) is 0 Å². The molecule has 1 aromatic heterocycles. The Morgan fingerprint density at radius 3 is 2.48 bits per heavy atom. The van der Waals surface area contributed by atoms with Crippen LogP contribution in [-0.2, 0) is 9.53 Å². The van der Waals surface area contributed by atoms with Gasteiger partial charge in [0, 0.05) is 17.7 Å². The van der Waals surface area contributed by atoms with E-state index in [0.29, 0.717) is 17.7 Å². The maximum absolute atomic E-state index is 12.0. The van der Waals surface area contributed by atoms with Gasteiger partial charge in [0.25, 0.3) is 0 Å². The molecule has 0 saturated heterocycles. The number of unbranched alkanes of at least 4 members (excludes halogenated alkanes) is 2. The quantitative estimate of drug-likeness (QED) is 0.425. The minimum Gasteiger partial charge on any atom is -0.457 e. The lowest BCUT2D eigenvalue weighted by atomic mass is 10.1. The number of carbonyl (C=O) groups is 3. The fourth-order valence-electron chi connectivity index (χ4n) is 2.18. The average Bonchev–Trinajstić information content (AvgIpc) is 3.15. The second kappa shape index (κ2) is 9.42. The smallest absolute Gasteiger partial charge is 0.374 e. The van der Waals surface area contributed by atoms with Gasteiger partial charge in [0.1, 0.15) is 0 Å². The van der Waals surface area contributed by atoms with Gasteiger partial charge in [0.15, 0.2) is 12.4 Å². The fourth-order valence-corrected chi connectivity index (χ4v) is 2.18. The first-order chi connectivity index (χ1) is 12.1. The molecular formula is C19H21NO5. The van der Waals surface area contributed by atoms with Crippen LogP contribution in [0.2, 0.25) is 0 Å². The number of Topliss-reactive ketones (excluding diaryl/α,β-unsaturated/α-hetero) is 1. The first kappa shape index (κ1) is 18.4. The molecule has 6 nitrogen and oxygen atoms in total. The predicted octanol–water partition coefficient (Wildman–Crippen LogP) is 3.84. The van der Waals surface area contributed by atoms with Crippen molar-refractivity contribution in [3.63, 3.8) is 0 Å². The van der Waals surface area contributed by atoms with E-state index in [2.05, 4.69) is 12.2 Å². The number of furan rings is 1. The summed E-state index contributed by atoms with van der Waals surface area (Å²) in [6.45, 7) is 1.71. The van der Waals surface area contributed by atoms with E-state index in [1.54, 1.807) is 30.3 Å². The topological polar surface area (TPSA) is 85.6 Å². The Balaban J connectivity index is 1.81. The van der Waals surface area contributed by atoms with E-state index in [1.807, 2.05) is 0 Å². The van der Waals surface area contributed by atoms with Gasteiger partial charge >= 0.3 is 5.97 Å². The van der Waals surface area contributed by atoms with E-state index in [9.17, 15) is 14.4 Å². The summed E-state index contributed by atoms with van der Waals surface area (Å²) in [5, 5.41) is 2.79. The van der Waals surface area contributed by atoms with Crippen LogP contribution in [0, 0.1) is 0 Å². The normalized spacial score (nSPS) is 10.3. The molecule has 2 aromatic rings. The summed E-state index contributed by atoms with van der Waals surface area (Å²) < 4.78 is 9.80. The summed E-state index contributed by atoms with van der Waals surface area (Å²) in [4.78, 5) is 35.4. The Morgan fingerprint density at radius 1 is 1.08 bits per heavy atom. The van der Waals surface area contributed by atoms with E-state index < -0.39 is 5.97 Å². The van der Waals surface area contributed by atoms with Crippen molar-refractivity contribution in [3.8, 4) is 0 Å². The van der Waals surface area contributed by atoms with Crippen molar-refractivity contribution in [1.82, 2.24) is 0 Å². The average molecular weight is 343 g/mol. The van der Waals surface area contributed by atoms with Gasteiger partial charge < -0.3 is 14.5 Å². The summed E-state index contributed by atoms with van der Waals surface area (Å²) in [6.07, 6.45) is 4.79. The lowest BCUT2D eigenvalue weighted by molar-refractivity contribution is -0.116. The van der Waals surface area contributed by atoms with Crippen LogP contribution in [0.15, 0.2) is 47.1 Å².